The van der Waals surface area contributed by atoms with Gasteiger partial charge in [0.15, 0.2) is 16.9 Å². The highest BCUT2D eigenvalue weighted by molar-refractivity contribution is 7.23. The molecule has 0 amide bonds. The molecule has 0 radical (unpaired) electrons. The van der Waals surface area contributed by atoms with E-state index in [0.717, 1.165) is 38.0 Å². The van der Waals surface area contributed by atoms with Crippen molar-refractivity contribution >= 4 is 16.9 Å². The van der Waals surface area contributed by atoms with Gasteiger partial charge in [0, 0.05) is 12.3 Å². The molecule has 0 aromatic carbocycles. The summed E-state index contributed by atoms with van der Waals surface area (Å²) in [5.41, 5.74) is 0. The first kappa shape index (κ1) is 10.2. The molecule has 0 saturated heterocycles. The van der Waals surface area contributed by atoms with E-state index in [0.29, 0.717) is 0 Å². The molecule has 0 N–H and O–H groups in total. The second-order valence-corrected chi connectivity index (χ2v) is 3.53. The first-order valence-corrected chi connectivity index (χ1v) is 5.49. The van der Waals surface area contributed by atoms with E-state index >= 15 is 0 Å². The van der Waals surface area contributed by atoms with Crippen LogP contribution in [0.2, 0.25) is 0 Å². The lowest BCUT2D eigenvalue weighted by molar-refractivity contribution is 0.591. The lowest BCUT2D eigenvalue weighted by atomic mass is 10.2. The standard InChI is InChI=1S/C6H12O2P2/c7-9-5-3-1-2-4-6-10-8/h1-6H2. The molecule has 0 heterocycles. The third-order valence-corrected chi connectivity index (χ3v) is 2.25. The van der Waals surface area contributed by atoms with Crippen LogP contribution in [0.25, 0.3) is 0 Å². The van der Waals surface area contributed by atoms with E-state index in [-0.39, 0.29) is 16.9 Å². The van der Waals surface area contributed by atoms with Gasteiger partial charge in [-0.3, -0.25) is 9.13 Å². The normalized spacial score (nSPS) is 10.8. The Balaban J connectivity index is 2.76. The van der Waals surface area contributed by atoms with Crippen LogP contribution in [0.1, 0.15) is 25.7 Å². The second kappa shape index (κ2) is 9.20. The maximum Gasteiger partial charge on any atom is 0.155 e. The van der Waals surface area contributed by atoms with Crippen LogP contribution >= 0.6 is 16.9 Å². The zero-order valence-electron chi connectivity index (χ0n) is 5.95. The molecule has 0 aliphatic heterocycles. The zero-order valence-corrected chi connectivity index (χ0v) is 7.74. The van der Waals surface area contributed by atoms with Gasteiger partial charge < -0.3 is 0 Å². The summed E-state index contributed by atoms with van der Waals surface area (Å²) in [7, 11) is 0.508. The van der Waals surface area contributed by atoms with E-state index in [2.05, 4.69) is 0 Å². The van der Waals surface area contributed by atoms with Crippen molar-refractivity contribution in [1.82, 2.24) is 0 Å². The number of unbranched alkanes of at least 4 members (excludes halogenated alkanes) is 3. The van der Waals surface area contributed by atoms with Gasteiger partial charge in [0.1, 0.15) is 0 Å². The summed E-state index contributed by atoms with van der Waals surface area (Å²) in [4.78, 5) is 0. The van der Waals surface area contributed by atoms with Crippen LogP contribution < -0.4 is 0 Å². The van der Waals surface area contributed by atoms with E-state index in [1.165, 1.54) is 0 Å². The van der Waals surface area contributed by atoms with Crippen molar-refractivity contribution in [3.05, 3.63) is 0 Å². The van der Waals surface area contributed by atoms with Crippen molar-refractivity contribution in [3.63, 3.8) is 0 Å². The maximum absolute atomic E-state index is 9.94. The van der Waals surface area contributed by atoms with Crippen molar-refractivity contribution in [2.75, 3.05) is 12.3 Å². The molecule has 58 valence electrons. The Bertz CT molecular complexity index is 83.7. The molecule has 0 aliphatic carbocycles. The molecule has 0 atom stereocenters. The van der Waals surface area contributed by atoms with E-state index in [1.807, 2.05) is 0 Å². The first-order valence-electron chi connectivity index (χ1n) is 3.50. The summed E-state index contributed by atoms with van der Waals surface area (Å²) < 4.78 is 19.9. The molecule has 0 aliphatic rings. The van der Waals surface area contributed by atoms with Crippen molar-refractivity contribution in [2.45, 2.75) is 25.7 Å². The summed E-state index contributed by atoms with van der Waals surface area (Å²) >= 11 is 0. The van der Waals surface area contributed by atoms with Gasteiger partial charge >= 0.3 is 0 Å². The van der Waals surface area contributed by atoms with Gasteiger partial charge in [-0.05, 0) is 12.8 Å². The van der Waals surface area contributed by atoms with Gasteiger partial charge in [0.2, 0.25) is 0 Å². The van der Waals surface area contributed by atoms with E-state index in [4.69, 9.17) is 0 Å². The Kier molecular flexibility index (Phi) is 9.38. The van der Waals surface area contributed by atoms with Crippen LogP contribution in [-0.2, 0) is 9.13 Å². The first-order chi connectivity index (χ1) is 4.91. The van der Waals surface area contributed by atoms with Gasteiger partial charge in [-0.1, -0.05) is 12.8 Å². The largest absolute Gasteiger partial charge is 0.275 e. The van der Waals surface area contributed by atoms with Gasteiger partial charge in [-0.15, -0.1) is 0 Å². The van der Waals surface area contributed by atoms with E-state index in [1.54, 1.807) is 0 Å². The molecule has 0 aromatic rings. The molecule has 0 rings (SSSR count). The summed E-state index contributed by atoms with van der Waals surface area (Å²) in [5, 5.41) is 0. The lowest BCUT2D eigenvalue weighted by Gasteiger charge is -1.92. The SMILES string of the molecule is O=PCCCCCCP=O. The molecular formula is C6H12O2P2. The number of rotatable bonds is 7. The molecular weight excluding hydrogens is 166 g/mol. The molecule has 0 unspecified atom stereocenters. The quantitative estimate of drug-likeness (QED) is 0.443. The molecule has 0 aromatic heterocycles. The minimum absolute atomic E-state index is 0.254. The average Bonchev–Trinajstić information content (AvgIpc) is 1.97. The van der Waals surface area contributed by atoms with Crippen molar-refractivity contribution in [3.8, 4) is 0 Å². The summed E-state index contributed by atoms with van der Waals surface area (Å²) in [6.07, 6.45) is 5.83. The summed E-state index contributed by atoms with van der Waals surface area (Å²) in [5.74, 6) is 0. The average molecular weight is 178 g/mol. The van der Waals surface area contributed by atoms with Gasteiger partial charge in [-0.25, -0.2) is 0 Å². The van der Waals surface area contributed by atoms with E-state index < -0.39 is 0 Å². The topological polar surface area (TPSA) is 34.1 Å². The monoisotopic (exact) mass is 178 g/mol. The fourth-order valence-electron chi connectivity index (χ4n) is 0.706. The Morgan fingerprint density at radius 1 is 0.700 bits per heavy atom. The highest BCUT2D eigenvalue weighted by Crippen LogP contribution is 2.06. The predicted molar refractivity (Wildman–Crippen MR) is 43.4 cm³/mol. The third kappa shape index (κ3) is 8.20. The third-order valence-electron chi connectivity index (χ3n) is 1.25. The summed E-state index contributed by atoms with van der Waals surface area (Å²) in [6, 6.07) is 0. The van der Waals surface area contributed by atoms with Crippen LogP contribution in [0.3, 0.4) is 0 Å². The van der Waals surface area contributed by atoms with Crippen LogP contribution in [-0.4, -0.2) is 12.3 Å². The Hall–Kier alpha value is 0.200. The highest BCUT2D eigenvalue weighted by atomic mass is 31.1. The highest BCUT2D eigenvalue weighted by Gasteiger charge is 1.88. The maximum atomic E-state index is 9.94. The molecule has 0 fully saturated rings. The Morgan fingerprint density at radius 2 is 1.10 bits per heavy atom. The lowest BCUT2D eigenvalue weighted by Crippen LogP contribution is -1.79. The minimum atomic E-state index is 0.254. The Morgan fingerprint density at radius 3 is 1.40 bits per heavy atom. The summed E-state index contributed by atoms with van der Waals surface area (Å²) in [6.45, 7) is 0. The zero-order chi connectivity index (χ0) is 7.66. The fraction of sp³-hybridized carbons (Fsp3) is 1.00. The van der Waals surface area contributed by atoms with Crippen molar-refractivity contribution in [2.24, 2.45) is 0 Å². The van der Waals surface area contributed by atoms with Crippen molar-refractivity contribution < 1.29 is 9.13 Å². The van der Waals surface area contributed by atoms with Crippen LogP contribution in [0.5, 0.6) is 0 Å². The fourth-order valence-corrected chi connectivity index (χ4v) is 1.41. The molecule has 0 bridgehead atoms. The van der Waals surface area contributed by atoms with Gasteiger partial charge in [0.25, 0.3) is 0 Å². The van der Waals surface area contributed by atoms with Crippen LogP contribution in [0, 0.1) is 0 Å². The predicted octanol–water partition coefficient (Wildman–Crippen LogP) is 3.13. The van der Waals surface area contributed by atoms with Crippen molar-refractivity contribution in [1.29, 1.82) is 0 Å². The van der Waals surface area contributed by atoms with Crippen LogP contribution in [0.4, 0.5) is 0 Å². The minimum Gasteiger partial charge on any atom is -0.275 e. The van der Waals surface area contributed by atoms with Gasteiger partial charge in [0.05, 0.1) is 0 Å². The molecule has 4 heteroatoms. The smallest absolute Gasteiger partial charge is 0.155 e. The molecule has 2 nitrogen and oxygen atoms in total. The second-order valence-electron chi connectivity index (χ2n) is 2.12. The molecule has 10 heavy (non-hydrogen) atoms. The molecule has 0 spiro atoms. The van der Waals surface area contributed by atoms with E-state index in [9.17, 15) is 9.13 Å². The number of hydrogen-bond donors (Lipinski definition) is 0. The van der Waals surface area contributed by atoms with Crippen LogP contribution in [0.15, 0.2) is 0 Å². The van der Waals surface area contributed by atoms with Gasteiger partial charge in [-0.2, -0.15) is 0 Å². The Labute approximate surface area is 64.8 Å². The molecule has 0 saturated carbocycles. The number of hydrogen-bond acceptors (Lipinski definition) is 2.